The molecule has 41 heavy (non-hydrogen) atoms. The number of rotatable bonds is 8. The van der Waals surface area contributed by atoms with Crippen molar-refractivity contribution in [2.45, 2.75) is 26.2 Å². The van der Waals surface area contributed by atoms with Crippen LogP contribution in [0.3, 0.4) is 0 Å². The first-order valence-electron chi connectivity index (χ1n) is 13.9. The van der Waals surface area contributed by atoms with Crippen molar-refractivity contribution in [3.8, 4) is 11.4 Å². The Morgan fingerprint density at radius 2 is 1.68 bits per heavy atom. The van der Waals surface area contributed by atoms with E-state index >= 15 is 0 Å². The van der Waals surface area contributed by atoms with E-state index in [0.717, 1.165) is 43.8 Å². The van der Waals surface area contributed by atoms with Gasteiger partial charge in [-0.05, 0) is 40.6 Å². The molecule has 8 heteroatoms. The predicted octanol–water partition coefficient (Wildman–Crippen LogP) is 4.53. The van der Waals surface area contributed by atoms with Gasteiger partial charge in [-0.2, -0.15) is 4.57 Å². The van der Waals surface area contributed by atoms with Crippen LogP contribution in [0.25, 0.3) is 16.5 Å². The molecule has 8 nitrogen and oxygen atoms in total. The zero-order valence-corrected chi connectivity index (χ0v) is 23.9. The lowest BCUT2D eigenvalue weighted by Crippen LogP contribution is -2.38. The van der Waals surface area contributed by atoms with Crippen LogP contribution in [0.15, 0.2) is 79.1 Å². The molecule has 0 bridgehead atoms. The van der Waals surface area contributed by atoms with E-state index in [1.165, 1.54) is 0 Å². The maximum Gasteiger partial charge on any atom is 0.296 e. The second-order valence-corrected chi connectivity index (χ2v) is 11.2. The van der Waals surface area contributed by atoms with E-state index in [4.69, 9.17) is 15.2 Å². The summed E-state index contributed by atoms with van der Waals surface area (Å²) in [7, 11) is 0. The minimum Gasteiger partial charge on any atom is -0.492 e. The van der Waals surface area contributed by atoms with E-state index < -0.39 is 11.7 Å². The number of pyridine rings is 1. The quantitative estimate of drug-likeness (QED) is 0.144. The third-order valence-corrected chi connectivity index (χ3v) is 7.33. The Morgan fingerprint density at radius 3 is 2.39 bits per heavy atom. The Kier molecular flexibility index (Phi) is 8.33. The molecule has 3 aromatic carbocycles. The minimum atomic E-state index is -0.737. The number of hydrogen-bond donors (Lipinski definition) is 2. The van der Waals surface area contributed by atoms with Gasteiger partial charge in [0.25, 0.3) is 17.4 Å². The molecule has 4 aromatic rings. The highest BCUT2D eigenvalue weighted by atomic mass is 16.5. The van der Waals surface area contributed by atoms with Gasteiger partial charge in [0, 0.05) is 42.7 Å². The van der Waals surface area contributed by atoms with Crippen molar-refractivity contribution < 1.29 is 23.6 Å². The number of morpholine rings is 1. The lowest BCUT2D eigenvalue weighted by atomic mass is 9.86. The predicted molar refractivity (Wildman–Crippen MR) is 161 cm³/mol. The van der Waals surface area contributed by atoms with Gasteiger partial charge < -0.3 is 20.5 Å². The number of nitrogens with one attached hydrogen (secondary N) is 1. The number of anilines is 2. The van der Waals surface area contributed by atoms with E-state index in [1.54, 1.807) is 12.1 Å². The molecule has 1 amide bonds. The van der Waals surface area contributed by atoms with Crippen LogP contribution >= 0.6 is 0 Å². The number of carbonyl (C=O) groups is 2. The number of ether oxygens (including phenoxy) is 2. The molecule has 1 aliphatic heterocycles. The van der Waals surface area contributed by atoms with Gasteiger partial charge in [-0.15, -0.1) is 0 Å². The van der Waals surface area contributed by atoms with Gasteiger partial charge in [0.1, 0.15) is 23.7 Å². The number of fused-ring (bicyclic) bond motifs is 1. The number of Topliss-reactive ketones (excluding diaryl/α,β-unsaturated/α-hetero) is 1. The highest BCUT2D eigenvalue weighted by Crippen LogP contribution is 2.33. The van der Waals surface area contributed by atoms with Gasteiger partial charge in [0.2, 0.25) is 0 Å². The van der Waals surface area contributed by atoms with Crippen LogP contribution in [0.4, 0.5) is 11.4 Å². The van der Waals surface area contributed by atoms with Crippen molar-refractivity contribution in [1.29, 1.82) is 0 Å². The van der Waals surface area contributed by atoms with E-state index in [1.807, 2.05) is 71.6 Å². The molecule has 0 radical (unpaired) electrons. The Hall–Kier alpha value is -4.27. The Labute approximate surface area is 240 Å². The summed E-state index contributed by atoms with van der Waals surface area (Å²) >= 11 is 0. The van der Waals surface area contributed by atoms with Crippen LogP contribution < -0.4 is 20.4 Å². The number of nitrogen functional groups attached to an aromatic ring is 1. The first-order valence-corrected chi connectivity index (χ1v) is 13.9. The number of hydrogen-bond acceptors (Lipinski definition) is 6. The average molecular weight is 554 g/mol. The summed E-state index contributed by atoms with van der Waals surface area (Å²) in [5, 5.41) is 4.32. The summed E-state index contributed by atoms with van der Waals surface area (Å²) in [6.45, 7) is 10.8. The molecule has 3 N–H and O–H groups in total. The van der Waals surface area contributed by atoms with Gasteiger partial charge in [0.15, 0.2) is 12.4 Å². The fourth-order valence-electron chi connectivity index (χ4n) is 5.03. The van der Waals surface area contributed by atoms with Crippen molar-refractivity contribution >= 4 is 33.8 Å². The highest BCUT2D eigenvalue weighted by molar-refractivity contribution is 6.48. The SMILES string of the molecule is CC(C)(C)c1cc(N)c(-[n+]2ccccc2)c(NC(=O)C(=O)c2ccc(OCCN3CCOCC3)c3ccccc23)c1. The second-order valence-electron chi connectivity index (χ2n) is 11.2. The molecule has 0 aliphatic carbocycles. The Bertz CT molecular complexity index is 1560. The third-order valence-electron chi connectivity index (χ3n) is 7.33. The van der Waals surface area contributed by atoms with Crippen molar-refractivity contribution in [3.05, 3.63) is 90.3 Å². The fraction of sp³-hybridized carbons (Fsp3) is 0.303. The fourth-order valence-corrected chi connectivity index (χ4v) is 5.03. The molecule has 1 aromatic heterocycles. The van der Waals surface area contributed by atoms with E-state index in [0.29, 0.717) is 40.4 Å². The zero-order chi connectivity index (χ0) is 29.0. The monoisotopic (exact) mass is 553 g/mol. The van der Waals surface area contributed by atoms with Crippen LogP contribution in [0, 0.1) is 0 Å². The molecular formula is C33H37N4O4+. The number of benzene rings is 3. The van der Waals surface area contributed by atoms with Crippen molar-refractivity contribution in [2.75, 3.05) is 50.5 Å². The van der Waals surface area contributed by atoms with Gasteiger partial charge in [-0.3, -0.25) is 14.5 Å². The molecule has 0 unspecified atom stereocenters. The highest BCUT2D eigenvalue weighted by Gasteiger charge is 2.27. The number of amides is 1. The molecule has 2 heterocycles. The summed E-state index contributed by atoms with van der Waals surface area (Å²) in [5.74, 6) is -0.691. The number of aromatic nitrogens is 1. The van der Waals surface area contributed by atoms with E-state index in [9.17, 15) is 9.59 Å². The second kappa shape index (κ2) is 12.1. The number of carbonyl (C=O) groups excluding carboxylic acids is 2. The van der Waals surface area contributed by atoms with Crippen LogP contribution in [0.1, 0.15) is 36.7 Å². The zero-order valence-electron chi connectivity index (χ0n) is 23.9. The number of nitrogens with zero attached hydrogens (tertiary/aromatic N) is 2. The molecule has 212 valence electrons. The summed E-state index contributed by atoms with van der Waals surface area (Å²) in [6.07, 6.45) is 3.70. The molecule has 0 spiro atoms. The molecule has 5 rings (SSSR count). The number of nitrogens with two attached hydrogens (primary N) is 1. The average Bonchev–Trinajstić information content (AvgIpc) is 2.97. The maximum absolute atomic E-state index is 13.6. The van der Waals surface area contributed by atoms with Crippen molar-refractivity contribution in [3.63, 3.8) is 0 Å². The van der Waals surface area contributed by atoms with Gasteiger partial charge in [-0.1, -0.05) is 51.1 Å². The lowest BCUT2D eigenvalue weighted by Gasteiger charge is -2.26. The maximum atomic E-state index is 13.6. The standard InChI is InChI=1S/C33H36N4O4/c1-33(2,3)23-21-27(34)30(37-13-7-4-8-14-37)28(22-23)35-32(39)31(38)26-11-12-29(25-10-6-5-9-24(25)26)41-20-17-36-15-18-40-19-16-36/h4-14,21-22H,15-20,34H2,1-3H3/p+1. The van der Waals surface area contributed by atoms with Crippen LogP contribution in [-0.4, -0.2) is 56.0 Å². The van der Waals surface area contributed by atoms with Crippen LogP contribution in [0.5, 0.6) is 5.75 Å². The molecule has 1 saturated heterocycles. The third kappa shape index (κ3) is 6.39. The minimum absolute atomic E-state index is 0.217. The molecule has 1 fully saturated rings. The molecule has 1 aliphatic rings. The van der Waals surface area contributed by atoms with Crippen LogP contribution in [0.2, 0.25) is 0 Å². The van der Waals surface area contributed by atoms with Gasteiger partial charge in [-0.25, -0.2) is 0 Å². The summed E-state index contributed by atoms with van der Waals surface area (Å²) in [4.78, 5) is 29.4. The Balaban J connectivity index is 1.42. The summed E-state index contributed by atoms with van der Waals surface area (Å²) in [6, 6.07) is 20.4. The topological polar surface area (TPSA) is 97.8 Å². The van der Waals surface area contributed by atoms with Gasteiger partial charge >= 0.3 is 0 Å². The van der Waals surface area contributed by atoms with E-state index in [-0.39, 0.29) is 5.41 Å². The smallest absolute Gasteiger partial charge is 0.296 e. The summed E-state index contributed by atoms with van der Waals surface area (Å²) < 4.78 is 13.4. The normalized spacial score (nSPS) is 14.1. The lowest BCUT2D eigenvalue weighted by molar-refractivity contribution is -0.594. The Morgan fingerprint density at radius 1 is 0.976 bits per heavy atom. The van der Waals surface area contributed by atoms with Crippen molar-refractivity contribution in [1.82, 2.24) is 4.90 Å². The van der Waals surface area contributed by atoms with Crippen molar-refractivity contribution in [2.24, 2.45) is 0 Å². The van der Waals surface area contributed by atoms with E-state index in [2.05, 4.69) is 31.0 Å². The first kappa shape index (κ1) is 28.3. The largest absolute Gasteiger partial charge is 0.492 e. The van der Waals surface area contributed by atoms with Crippen LogP contribution in [-0.2, 0) is 14.9 Å². The molecular weight excluding hydrogens is 516 g/mol. The first-order chi connectivity index (χ1) is 19.7. The molecule has 0 saturated carbocycles. The number of ketones is 1. The summed E-state index contributed by atoms with van der Waals surface area (Å²) in [5.41, 5.74) is 9.13. The molecule has 0 atom stereocenters. The van der Waals surface area contributed by atoms with Gasteiger partial charge in [0.05, 0.1) is 13.2 Å².